The number of hydrogen-bond acceptors (Lipinski definition) is 4. The lowest BCUT2D eigenvalue weighted by atomic mass is 10.2. The van der Waals surface area contributed by atoms with E-state index in [0.717, 1.165) is 31.9 Å². The van der Waals surface area contributed by atoms with Crippen LogP contribution in [0.15, 0.2) is 56.9 Å². The zero-order chi connectivity index (χ0) is 21.0. The highest BCUT2D eigenvalue weighted by atomic mass is 79.9. The number of aromatic nitrogens is 2. The molecular weight excluding hydrogens is 472 g/mol. The fourth-order valence-corrected chi connectivity index (χ4v) is 4.33. The van der Waals surface area contributed by atoms with Gasteiger partial charge in [0, 0.05) is 9.37 Å². The number of amides is 1. The first-order valence-corrected chi connectivity index (χ1v) is 11.0. The lowest BCUT2D eigenvalue weighted by Gasteiger charge is -2.08. The highest BCUT2D eigenvalue weighted by Gasteiger charge is 2.13. The molecule has 29 heavy (non-hydrogen) atoms. The van der Waals surface area contributed by atoms with Crippen LogP contribution in [0.3, 0.4) is 0 Å². The molecule has 0 radical (unpaired) electrons. The second-order valence-electron chi connectivity index (χ2n) is 6.49. The molecule has 1 aromatic heterocycles. The average Bonchev–Trinajstić information content (AvgIpc) is 2.98. The van der Waals surface area contributed by atoms with Gasteiger partial charge in [-0.2, -0.15) is 10.2 Å². The minimum atomic E-state index is -0.185. The number of carbonyl (C=O) groups excluding carboxylic acids is 1. The molecule has 3 aromatic rings. The van der Waals surface area contributed by atoms with Gasteiger partial charge in [0.25, 0.3) is 0 Å². The van der Waals surface area contributed by atoms with Crippen molar-refractivity contribution in [2.45, 2.75) is 25.7 Å². The van der Waals surface area contributed by atoms with E-state index in [1.165, 1.54) is 18.0 Å². The van der Waals surface area contributed by atoms with Gasteiger partial charge < -0.3 is 0 Å². The first kappa shape index (κ1) is 21.6. The van der Waals surface area contributed by atoms with Crippen LogP contribution in [-0.4, -0.2) is 27.7 Å². The second-order valence-corrected chi connectivity index (χ2v) is 8.72. The molecule has 0 spiro atoms. The largest absolute Gasteiger partial charge is 0.272 e. The van der Waals surface area contributed by atoms with Crippen LogP contribution in [-0.2, 0) is 4.79 Å². The van der Waals surface area contributed by atoms with Gasteiger partial charge in [-0.3, -0.25) is 4.79 Å². The van der Waals surface area contributed by atoms with E-state index < -0.39 is 0 Å². The summed E-state index contributed by atoms with van der Waals surface area (Å²) in [6.45, 7) is 5.90. The Hall–Kier alpha value is -2.09. The Balaban J connectivity index is 1.62. The summed E-state index contributed by atoms with van der Waals surface area (Å²) in [7, 11) is 0. The molecule has 0 aliphatic carbocycles. The van der Waals surface area contributed by atoms with Crippen molar-refractivity contribution in [1.82, 2.24) is 15.2 Å². The standard InChI is InChI=1S/C21H20BrClN4OS/c1-13-10-19(14(2)9-18(13)22)29-12-20(28)25-24-11-17-15(3)26-27(21(17)23)16-7-5-4-6-8-16/h4-11H,12H2,1-3H3,(H,25,28)/b24-11-. The van der Waals surface area contributed by atoms with Crippen LogP contribution in [0.4, 0.5) is 0 Å². The Kier molecular flexibility index (Phi) is 7.16. The van der Waals surface area contributed by atoms with Crippen LogP contribution in [0.5, 0.6) is 0 Å². The number of thioether (sulfide) groups is 1. The molecule has 0 unspecified atom stereocenters. The van der Waals surface area contributed by atoms with Crippen molar-refractivity contribution in [2.24, 2.45) is 5.10 Å². The number of rotatable bonds is 6. The van der Waals surface area contributed by atoms with E-state index in [2.05, 4.69) is 43.7 Å². The number of carbonyl (C=O) groups is 1. The molecule has 150 valence electrons. The fourth-order valence-electron chi connectivity index (χ4n) is 2.65. The number of nitrogens with zero attached hydrogens (tertiary/aromatic N) is 3. The monoisotopic (exact) mass is 490 g/mol. The lowest BCUT2D eigenvalue weighted by molar-refractivity contribution is -0.118. The number of para-hydroxylation sites is 1. The number of aryl methyl sites for hydroxylation is 3. The third-order valence-electron chi connectivity index (χ3n) is 4.25. The van der Waals surface area contributed by atoms with Gasteiger partial charge in [-0.25, -0.2) is 10.1 Å². The first-order chi connectivity index (χ1) is 13.9. The number of benzene rings is 2. The minimum absolute atomic E-state index is 0.185. The number of halogens is 2. The maximum Gasteiger partial charge on any atom is 0.250 e. The normalized spacial score (nSPS) is 11.2. The van der Waals surface area contributed by atoms with Crippen molar-refractivity contribution >= 4 is 51.4 Å². The van der Waals surface area contributed by atoms with E-state index in [-0.39, 0.29) is 11.7 Å². The van der Waals surface area contributed by atoms with Gasteiger partial charge in [-0.15, -0.1) is 11.8 Å². The summed E-state index contributed by atoms with van der Waals surface area (Å²) in [6.07, 6.45) is 1.53. The molecule has 5 nitrogen and oxygen atoms in total. The minimum Gasteiger partial charge on any atom is -0.272 e. The van der Waals surface area contributed by atoms with E-state index >= 15 is 0 Å². The van der Waals surface area contributed by atoms with Gasteiger partial charge in [-0.05, 0) is 56.2 Å². The van der Waals surface area contributed by atoms with Crippen molar-refractivity contribution < 1.29 is 4.79 Å². The summed E-state index contributed by atoms with van der Waals surface area (Å²) in [4.78, 5) is 13.2. The molecule has 0 saturated heterocycles. The Labute approximate surface area is 187 Å². The second kappa shape index (κ2) is 9.61. The van der Waals surface area contributed by atoms with Crippen molar-refractivity contribution in [3.63, 3.8) is 0 Å². The van der Waals surface area contributed by atoms with Crippen LogP contribution in [0.25, 0.3) is 5.69 Å². The summed E-state index contributed by atoms with van der Waals surface area (Å²) in [5.74, 6) is 0.0883. The zero-order valence-electron chi connectivity index (χ0n) is 16.2. The van der Waals surface area contributed by atoms with Crippen LogP contribution in [0.1, 0.15) is 22.4 Å². The Morgan fingerprint density at radius 3 is 2.69 bits per heavy atom. The van der Waals surface area contributed by atoms with Crippen LogP contribution >= 0.6 is 39.3 Å². The summed E-state index contributed by atoms with van der Waals surface area (Å²) in [6, 6.07) is 13.7. The van der Waals surface area contributed by atoms with Gasteiger partial charge in [0.15, 0.2) is 0 Å². The van der Waals surface area contributed by atoms with Gasteiger partial charge in [0.2, 0.25) is 5.91 Å². The maximum absolute atomic E-state index is 12.2. The van der Waals surface area contributed by atoms with Crippen LogP contribution in [0, 0.1) is 20.8 Å². The van der Waals surface area contributed by atoms with E-state index in [0.29, 0.717) is 10.7 Å². The molecule has 0 bridgehead atoms. The third-order valence-corrected chi connectivity index (χ3v) is 6.62. The SMILES string of the molecule is Cc1cc(SCC(=O)N/N=C\c2c(C)nn(-c3ccccc3)c2Cl)c(C)cc1Br. The summed E-state index contributed by atoms with van der Waals surface area (Å²) in [5, 5.41) is 8.95. The number of nitrogens with one attached hydrogen (secondary N) is 1. The lowest BCUT2D eigenvalue weighted by Crippen LogP contribution is -2.19. The number of hydrazone groups is 1. The molecule has 0 aliphatic rings. The van der Waals surface area contributed by atoms with Crippen LogP contribution in [0.2, 0.25) is 5.15 Å². The topological polar surface area (TPSA) is 59.3 Å². The van der Waals surface area contributed by atoms with Crippen molar-refractivity contribution in [1.29, 1.82) is 0 Å². The molecule has 0 atom stereocenters. The van der Waals surface area contributed by atoms with Gasteiger partial charge >= 0.3 is 0 Å². The van der Waals surface area contributed by atoms with Crippen molar-refractivity contribution in [3.8, 4) is 5.69 Å². The molecule has 2 aromatic carbocycles. The van der Waals surface area contributed by atoms with Gasteiger partial charge in [0.05, 0.1) is 28.9 Å². The molecule has 8 heteroatoms. The highest BCUT2D eigenvalue weighted by molar-refractivity contribution is 9.10. The summed E-state index contributed by atoms with van der Waals surface area (Å²) in [5.41, 5.74) is 7.08. The molecular formula is C21H20BrClN4OS. The van der Waals surface area contributed by atoms with Gasteiger partial charge in [-0.1, -0.05) is 45.7 Å². The molecule has 3 rings (SSSR count). The van der Waals surface area contributed by atoms with Crippen molar-refractivity contribution in [3.05, 3.63) is 74.5 Å². The third kappa shape index (κ3) is 5.29. The molecule has 1 amide bonds. The van der Waals surface area contributed by atoms with Gasteiger partial charge in [0.1, 0.15) is 5.15 Å². The zero-order valence-corrected chi connectivity index (χ0v) is 19.4. The van der Waals surface area contributed by atoms with E-state index in [1.807, 2.05) is 51.1 Å². The predicted molar refractivity (Wildman–Crippen MR) is 123 cm³/mol. The molecule has 1 heterocycles. The Morgan fingerprint density at radius 1 is 1.24 bits per heavy atom. The molecule has 0 fully saturated rings. The van der Waals surface area contributed by atoms with E-state index in [9.17, 15) is 4.79 Å². The Bertz CT molecular complexity index is 1070. The smallest absolute Gasteiger partial charge is 0.250 e. The molecule has 0 aliphatic heterocycles. The first-order valence-electron chi connectivity index (χ1n) is 8.89. The van der Waals surface area contributed by atoms with Crippen molar-refractivity contribution in [2.75, 3.05) is 5.75 Å². The maximum atomic E-state index is 12.2. The van der Waals surface area contributed by atoms with E-state index in [4.69, 9.17) is 11.6 Å². The van der Waals surface area contributed by atoms with E-state index in [1.54, 1.807) is 4.68 Å². The Morgan fingerprint density at radius 2 is 1.97 bits per heavy atom. The average molecular weight is 492 g/mol. The highest BCUT2D eigenvalue weighted by Crippen LogP contribution is 2.28. The quantitative estimate of drug-likeness (QED) is 0.283. The molecule has 1 N–H and O–H groups in total. The molecule has 0 saturated carbocycles. The van der Waals surface area contributed by atoms with Crippen LogP contribution < -0.4 is 5.43 Å². The predicted octanol–water partition coefficient (Wildman–Crippen LogP) is 5.46. The fraction of sp³-hybridized carbons (Fsp3) is 0.190. The number of hydrogen-bond donors (Lipinski definition) is 1. The summed E-state index contributed by atoms with van der Waals surface area (Å²) >= 11 is 11.5. The summed E-state index contributed by atoms with van der Waals surface area (Å²) < 4.78 is 2.71.